The number of aliphatic imine (C=N–C) groups is 1. The molecular weight excluding hydrogens is 256 g/mol. The number of hydrogen-bond acceptors (Lipinski definition) is 4. The van der Waals surface area contributed by atoms with Crippen LogP contribution in [0.15, 0.2) is 4.99 Å². The number of hydrogen-bond donors (Lipinski definition) is 3. The highest BCUT2D eigenvalue weighted by Gasteiger charge is 2.19. The average Bonchev–Trinajstić information content (AvgIpc) is 2.47. The summed E-state index contributed by atoms with van der Waals surface area (Å²) in [5.41, 5.74) is 0. The number of nitrogens with one attached hydrogen (secondary N) is 2. The minimum absolute atomic E-state index is 0.0918. The Bertz CT molecular complexity index is 266. The molecule has 1 saturated heterocycles. The Morgan fingerprint density at radius 2 is 2.15 bits per heavy atom. The summed E-state index contributed by atoms with van der Waals surface area (Å²) in [5.74, 6) is 0.819. The van der Waals surface area contributed by atoms with Crippen molar-refractivity contribution in [2.24, 2.45) is 4.99 Å². The van der Waals surface area contributed by atoms with Crippen molar-refractivity contribution in [3.05, 3.63) is 0 Å². The first-order valence-corrected chi connectivity index (χ1v) is 7.67. The van der Waals surface area contributed by atoms with E-state index in [0.717, 1.165) is 58.0 Å². The van der Waals surface area contributed by atoms with Crippen molar-refractivity contribution >= 4 is 5.96 Å². The fourth-order valence-corrected chi connectivity index (χ4v) is 2.41. The van der Waals surface area contributed by atoms with Crippen molar-refractivity contribution in [3.63, 3.8) is 0 Å². The Morgan fingerprint density at radius 3 is 2.75 bits per heavy atom. The zero-order chi connectivity index (χ0) is 14.6. The van der Waals surface area contributed by atoms with Gasteiger partial charge in [0.25, 0.3) is 0 Å². The van der Waals surface area contributed by atoms with Gasteiger partial charge in [-0.1, -0.05) is 0 Å². The fraction of sp³-hybridized carbons (Fsp3) is 0.929. The van der Waals surface area contributed by atoms with Crippen LogP contribution in [0.4, 0.5) is 0 Å². The number of aliphatic hydroxyl groups excluding tert-OH is 1. The summed E-state index contributed by atoms with van der Waals surface area (Å²) in [6.45, 7) is 7.65. The van der Waals surface area contributed by atoms with Crippen LogP contribution in [-0.4, -0.2) is 75.1 Å². The summed E-state index contributed by atoms with van der Waals surface area (Å²) in [6.07, 6.45) is 3.38. The van der Waals surface area contributed by atoms with E-state index in [9.17, 15) is 0 Å². The lowest BCUT2D eigenvalue weighted by atomic mass is 10.1. The SMILES string of the molecule is CCNC(=NCCO)NC1CCN(CCCOC)CC1. The number of nitrogens with zero attached hydrogens (tertiary/aromatic N) is 2. The van der Waals surface area contributed by atoms with Crippen LogP contribution in [0, 0.1) is 0 Å². The Kier molecular flexibility index (Phi) is 9.36. The van der Waals surface area contributed by atoms with E-state index in [-0.39, 0.29) is 6.61 Å². The maximum Gasteiger partial charge on any atom is 0.191 e. The minimum Gasteiger partial charge on any atom is -0.394 e. The molecule has 1 fully saturated rings. The molecule has 0 aliphatic carbocycles. The molecule has 0 aromatic rings. The normalized spacial score (nSPS) is 18.2. The number of guanidine groups is 1. The van der Waals surface area contributed by atoms with E-state index >= 15 is 0 Å². The zero-order valence-electron chi connectivity index (χ0n) is 12.9. The second-order valence-corrected chi connectivity index (χ2v) is 5.09. The largest absolute Gasteiger partial charge is 0.394 e. The maximum atomic E-state index is 8.85. The molecule has 0 amide bonds. The van der Waals surface area contributed by atoms with Gasteiger partial charge >= 0.3 is 0 Å². The van der Waals surface area contributed by atoms with Crippen molar-refractivity contribution in [1.82, 2.24) is 15.5 Å². The Balaban J connectivity index is 2.25. The summed E-state index contributed by atoms with van der Waals surface area (Å²) in [4.78, 5) is 6.82. The van der Waals surface area contributed by atoms with Crippen LogP contribution < -0.4 is 10.6 Å². The highest BCUT2D eigenvalue weighted by molar-refractivity contribution is 5.80. The average molecular weight is 286 g/mol. The summed E-state index contributed by atoms with van der Waals surface area (Å²) in [6, 6.07) is 0.477. The quantitative estimate of drug-likeness (QED) is 0.334. The van der Waals surface area contributed by atoms with Gasteiger partial charge < -0.3 is 25.4 Å². The van der Waals surface area contributed by atoms with Gasteiger partial charge in [-0.15, -0.1) is 0 Å². The number of methoxy groups -OCH3 is 1. The maximum absolute atomic E-state index is 8.85. The van der Waals surface area contributed by atoms with Crippen molar-refractivity contribution < 1.29 is 9.84 Å². The first-order valence-electron chi connectivity index (χ1n) is 7.67. The molecular formula is C14H30N4O2. The van der Waals surface area contributed by atoms with Crippen molar-refractivity contribution in [3.8, 4) is 0 Å². The molecule has 0 radical (unpaired) electrons. The molecule has 0 spiro atoms. The predicted octanol–water partition coefficient (Wildman–Crippen LogP) is 0.0347. The number of piperidine rings is 1. The summed E-state index contributed by atoms with van der Waals surface area (Å²) in [7, 11) is 1.75. The van der Waals surface area contributed by atoms with E-state index in [1.165, 1.54) is 0 Å². The Morgan fingerprint density at radius 1 is 1.40 bits per heavy atom. The smallest absolute Gasteiger partial charge is 0.191 e. The lowest BCUT2D eigenvalue weighted by Crippen LogP contribution is -2.49. The van der Waals surface area contributed by atoms with E-state index in [0.29, 0.717) is 12.6 Å². The molecule has 0 aromatic heterocycles. The predicted molar refractivity (Wildman–Crippen MR) is 82.2 cm³/mol. The van der Waals surface area contributed by atoms with Gasteiger partial charge in [-0.3, -0.25) is 4.99 Å². The fourth-order valence-electron chi connectivity index (χ4n) is 2.41. The van der Waals surface area contributed by atoms with Crippen molar-refractivity contribution in [2.75, 3.05) is 53.0 Å². The summed E-state index contributed by atoms with van der Waals surface area (Å²) in [5, 5.41) is 15.5. The molecule has 6 heteroatoms. The van der Waals surface area contributed by atoms with Crippen LogP contribution in [0.25, 0.3) is 0 Å². The number of likely N-dealkylation sites (tertiary alicyclic amines) is 1. The van der Waals surface area contributed by atoms with Crippen molar-refractivity contribution in [1.29, 1.82) is 0 Å². The topological polar surface area (TPSA) is 69.1 Å². The first-order chi connectivity index (χ1) is 9.80. The van der Waals surface area contributed by atoms with E-state index in [1.54, 1.807) is 7.11 Å². The standard InChI is InChI=1S/C14H30N4O2/c1-3-15-14(16-7-11-19)17-13-5-9-18(10-6-13)8-4-12-20-2/h13,19H,3-12H2,1-2H3,(H2,15,16,17). The van der Waals surface area contributed by atoms with Gasteiger partial charge in [0.1, 0.15) is 0 Å². The van der Waals surface area contributed by atoms with Crippen LogP contribution in [0.5, 0.6) is 0 Å². The molecule has 20 heavy (non-hydrogen) atoms. The van der Waals surface area contributed by atoms with E-state index in [2.05, 4.69) is 27.4 Å². The molecule has 6 nitrogen and oxygen atoms in total. The zero-order valence-corrected chi connectivity index (χ0v) is 12.9. The molecule has 1 aliphatic rings. The molecule has 118 valence electrons. The van der Waals surface area contributed by atoms with Crippen LogP contribution in [0.3, 0.4) is 0 Å². The van der Waals surface area contributed by atoms with Crippen molar-refractivity contribution in [2.45, 2.75) is 32.2 Å². The molecule has 1 aliphatic heterocycles. The number of rotatable bonds is 8. The lowest BCUT2D eigenvalue weighted by Gasteiger charge is -2.33. The Labute approximate surface area is 122 Å². The van der Waals surface area contributed by atoms with E-state index in [1.807, 2.05) is 0 Å². The van der Waals surface area contributed by atoms with Gasteiger partial charge in [0, 0.05) is 45.9 Å². The van der Waals surface area contributed by atoms with E-state index in [4.69, 9.17) is 9.84 Å². The van der Waals surface area contributed by atoms with Gasteiger partial charge in [-0.05, 0) is 26.2 Å². The summed E-state index contributed by atoms with van der Waals surface area (Å²) < 4.78 is 5.09. The van der Waals surface area contributed by atoms with Crippen LogP contribution in [0.2, 0.25) is 0 Å². The molecule has 0 aromatic carbocycles. The Hall–Kier alpha value is -0.850. The molecule has 3 N–H and O–H groups in total. The molecule has 1 heterocycles. The second-order valence-electron chi connectivity index (χ2n) is 5.09. The highest BCUT2D eigenvalue weighted by Crippen LogP contribution is 2.10. The molecule has 0 atom stereocenters. The third-order valence-corrected chi connectivity index (χ3v) is 3.47. The summed E-state index contributed by atoms with van der Waals surface area (Å²) >= 11 is 0. The molecule has 0 saturated carbocycles. The van der Waals surface area contributed by atoms with Gasteiger partial charge in [-0.2, -0.15) is 0 Å². The minimum atomic E-state index is 0.0918. The highest BCUT2D eigenvalue weighted by atomic mass is 16.5. The van der Waals surface area contributed by atoms with Gasteiger partial charge in [-0.25, -0.2) is 0 Å². The number of ether oxygens (including phenoxy) is 1. The first kappa shape index (κ1) is 17.2. The van der Waals surface area contributed by atoms with Crippen LogP contribution in [0.1, 0.15) is 26.2 Å². The second kappa shape index (κ2) is 10.9. The van der Waals surface area contributed by atoms with Crippen LogP contribution in [-0.2, 0) is 4.74 Å². The van der Waals surface area contributed by atoms with Gasteiger partial charge in [0.2, 0.25) is 0 Å². The number of aliphatic hydroxyl groups is 1. The lowest BCUT2D eigenvalue weighted by molar-refractivity contribution is 0.155. The third-order valence-electron chi connectivity index (χ3n) is 3.47. The third kappa shape index (κ3) is 7.07. The van der Waals surface area contributed by atoms with Crippen LogP contribution >= 0.6 is 0 Å². The van der Waals surface area contributed by atoms with Gasteiger partial charge in [0.05, 0.1) is 13.2 Å². The molecule has 0 bridgehead atoms. The molecule has 0 unspecified atom stereocenters. The molecule has 1 rings (SSSR count). The van der Waals surface area contributed by atoms with E-state index < -0.39 is 0 Å². The van der Waals surface area contributed by atoms with Gasteiger partial charge in [0.15, 0.2) is 5.96 Å². The monoisotopic (exact) mass is 286 g/mol.